The van der Waals surface area contributed by atoms with Crippen LogP contribution in [-0.2, 0) is 11.3 Å². The zero-order chi connectivity index (χ0) is 23.5. The van der Waals surface area contributed by atoms with Crippen molar-refractivity contribution in [3.8, 4) is 11.1 Å². The second kappa shape index (κ2) is 10.1. The van der Waals surface area contributed by atoms with Crippen LogP contribution in [0.25, 0.3) is 11.1 Å². The summed E-state index contributed by atoms with van der Waals surface area (Å²) in [5.74, 6) is -0.220. The third-order valence-electron chi connectivity index (χ3n) is 7.22. The number of carbonyl (C=O) groups excluding carboxylic acids is 1. The Bertz CT molecular complexity index is 1120. The number of nitrogens with zero attached hydrogens (tertiary/aromatic N) is 4. The number of ether oxygens (including phenoxy) is 1. The molecule has 3 heterocycles. The summed E-state index contributed by atoms with van der Waals surface area (Å²) in [5, 5.41) is 0. The van der Waals surface area contributed by atoms with E-state index in [1.54, 1.807) is 31.8 Å². The molecule has 0 spiro atoms. The van der Waals surface area contributed by atoms with E-state index in [4.69, 9.17) is 4.74 Å². The summed E-state index contributed by atoms with van der Waals surface area (Å²) in [4.78, 5) is 22.1. The lowest BCUT2D eigenvalue weighted by Gasteiger charge is -2.36. The summed E-state index contributed by atoms with van der Waals surface area (Å²) < 4.78 is 20.8. The number of imidazole rings is 1. The SMILES string of the molecule is COC1CCN(C2CCN(C(=O)c3cncn3Cc3ccccc3-c3ccc(F)cc3)CC2)C1. The minimum Gasteiger partial charge on any atom is -0.380 e. The second-order valence-electron chi connectivity index (χ2n) is 9.24. The molecule has 1 unspecified atom stereocenters. The van der Waals surface area contributed by atoms with Crippen LogP contribution in [0.15, 0.2) is 61.1 Å². The number of carbonyl (C=O) groups is 1. The smallest absolute Gasteiger partial charge is 0.272 e. The summed E-state index contributed by atoms with van der Waals surface area (Å²) in [6.07, 6.45) is 6.79. The normalized spacial score (nSPS) is 19.6. The average Bonchev–Trinajstić information content (AvgIpc) is 3.54. The number of benzene rings is 2. The van der Waals surface area contributed by atoms with Crippen LogP contribution in [0.3, 0.4) is 0 Å². The van der Waals surface area contributed by atoms with Gasteiger partial charge in [0.1, 0.15) is 11.5 Å². The fourth-order valence-electron chi connectivity index (χ4n) is 5.25. The van der Waals surface area contributed by atoms with Crippen LogP contribution in [0.5, 0.6) is 0 Å². The van der Waals surface area contributed by atoms with E-state index in [2.05, 4.69) is 9.88 Å². The Balaban J connectivity index is 1.27. The van der Waals surface area contributed by atoms with Gasteiger partial charge >= 0.3 is 0 Å². The molecule has 3 aromatic rings. The molecule has 0 bridgehead atoms. The lowest BCUT2D eigenvalue weighted by Crippen LogP contribution is -2.46. The molecule has 34 heavy (non-hydrogen) atoms. The highest BCUT2D eigenvalue weighted by Gasteiger charge is 2.32. The first-order chi connectivity index (χ1) is 16.6. The number of amides is 1. The van der Waals surface area contributed by atoms with Crippen molar-refractivity contribution in [1.82, 2.24) is 19.4 Å². The molecule has 0 saturated carbocycles. The number of hydrogen-bond acceptors (Lipinski definition) is 4. The molecule has 1 aromatic heterocycles. The number of halogens is 1. The first kappa shape index (κ1) is 22.7. The predicted octanol–water partition coefficient (Wildman–Crippen LogP) is 4.06. The maximum atomic E-state index is 13.4. The molecule has 2 saturated heterocycles. The zero-order valence-corrected chi connectivity index (χ0v) is 19.6. The van der Waals surface area contributed by atoms with Crippen molar-refractivity contribution >= 4 is 5.91 Å². The van der Waals surface area contributed by atoms with Crippen molar-refractivity contribution in [3.63, 3.8) is 0 Å². The van der Waals surface area contributed by atoms with Crippen molar-refractivity contribution in [2.75, 3.05) is 33.3 Å². The van der Waals surface area contributed by atoms with Crippen molar-refractivity contribution in [2.45, 2.75) is 38.0 Å². The third kappa shape index (κ3) is 4.76. The fraction of sp³-hybridized carbons (Fsp3) is 0.407. The number of piperidine rings is 1. The van der Waals surface area contributed by atoms with Gasteiger partial charge in [0.25, 0.3) is 5.91 Å². The van der Waals surface area contributed by atoms with Crippen molar-refractivity contribution < 1.29 is 13.9 Å². The van der Waals surface area contributed by atoms with Crippen molar-refractivity contribution in [1.29, 1.82) is 0 Å². The Labute approximate surface area is 200 Å². The highest BCUT2D eigenvalue weighted by Crippen LogP contribution is 2.26. The van der Waals surface area contributed by atoms with Gasteiger partial charge in [0, 0.05) is 45.9 Å². The summed E-state index contributed by atoms with van der Waals surface area (Å²) in [6, 6.07) is 15.1. The average molecular weight is 463 g/mol. The molecule has 0 N–H and O–H groups in total. The van der Waals surface area contributed by atoms with Crippen LogP contribution in [0.1, 0.15) is 35.3 Å². The van der Waals surface area contributed by atoms with Crippen LogP contribution in [-0.4, -0.2) is 70.7 Å². The first-order valence-corrected chi connectivity index (χ1v) is 12.0. The minimum atomic E-state index is -0.254. The second-order valence-corrected chi connectivity index (χ2v) is 9.24. The molecular weight excluding hydrogens is 431 g/mol. The number of hydrogen-bond donors (Lipinski definition) is 0. The molecule has 0 aliphatic carbocycles. The molecule has 178 valence electrons. The highest BCUT2D eigenvalue weighted by molar-refractivity contribution is 5.92. The quantitative estimate of drug-likeness (QED) is 0.554. The molecule has 1 amide bonds. The Hall–Kier alpha value is -3.03. The van der Waals surface area contributed by atoms with Crippen LogP contribution < -0.4 is 0 Å². The Morgan fingerprint density at radius 1 is 1.06 bits per heavy atom. The molecule has 7 heteroatoms. The summed E-state index contributed by atoms with van der Waals surface area (Å²) in [6.45, 7) is 4.12. The van der Waals surface area contributed by atoms with E-state index in [0.29, 0.717) is 24.4 Å². The van der Waals surface area contributed by atoms with Crippen LogP contribution >= 0.6 is 0 Å². The third-order valence-corrected chi connectivity index (χ3v) is 7.22. The van der Waals surface area contributed by atoms with Crippen molar-refractivity contribution in [3.05, 3.63) is 78.1 Å². The van der Waals surface area contributed by atoms with Crippen LogP contribution in [0, 0.1) is 5.82 Å². The predicted molar refractivity (Wildman–Crippen MR) is 129 cm³/mol. The molecule has 2 fully saturated rings. The van der Waals surface area contributed by atoms with Gasteiger partial charge in [-0.15, -0.1) is 0 Å². The van der Waals surface area contributed by atoms with E-state index in [1.807, 2.05) is 33.7 Å². The van der Waals surface area contributed by atoms with Gasteiger partial charge in [0.15, 0.2) is 0 Å². The summed E-state index contributed by atoms with van der Waals surface area (Å²) in [7, 11) is 1.79. The maximum absolute atomic E-state index is 13.4. The molecule has 0 radical (unpaired) electrons. The molecule has 2 aliphatic heterocycles. The van der Waals surface area contributed by atoms with Gasteiger partial charge in [-0.1, -0.05) is 36.4 Å². The Kier molecular flexibility index (Phi) is 6.74. The van der Waals surface area contributed by atoms with E-state index in [1.165, 1.54) is 12.1 Å². The molecule has 5 rings (SSSR count). The summed E-state index contributed by atoms with van der Waals surface area (Å²) in [5.41, 5.74) is 3.63. The molecule has 1 atom stereocenters. The number of methoxy groups -OCH3 is 1. The monoisotopic (exact) mass is 462 g/mol. The lowest BCUT2D eigenvalue weighted by atomic mass is 9.99. The molecule has 6 nitrogen and oxygen atoms in total. The van der Waals surface area contributed by atoms with E-state index < -0.39 is 0 Å². The van der Waals surface area contributed by atoms with Gasteiger partial charge in [-0.05, 0) is 48.1 Å². The van der Waals surface area contributed by atoms with Gasteiger partial charge in [-0.25, -0.2) is 9.37 Å². The van der Waals surface area contributed by atoms with Gasteiger partial charge < -0.3 is 14.2 Å². The fourth-order valence-corrected chi connectivity index (χ4v) is 5.25. The van der Waals surface area contributed by atoms with Gasteiger partial charge in [0.2, 0.25) is 0 Å². The van der Waals surface area contributed by atoms with E-state index in [-0.39, 0.29) is 11.7 Å². The lowest BCUT2D eigenvalue weighted by molar-refractivity contribution is 0.0594. The van der Waals surface area contributed by atoms with Crippen LogP contribution in [0.4, 0.5) is 4.39 Å². The zero-order valence-electron chi connectivity index (χ0n) is 19.6. The largest absolute Gasteiger partial charge is 0.380 e. The van der Waals surface area contributed by atoms with E-state index >= 15 is 0 Å². The van der Waals surface area contributed by atoms with E-state index in [0.717, 1.165) is 62.1 Å². The highest BCUT2D eigenvalue weighted by atomic mass is 19.1. The van der Waals surface area contributed by atoms with Gasteiger partial charge in [-0.3, -0.25) is 9.69 Å². The van der Waals surface area contributed by atoms with Crippen LogP contribution in [0.2, 0.25) is 0 Å². The van der Waals surface area contributed by atoms with Gasteiger partial charge in [0.05, 0.1) is 18.6 Å². The molecule has 2 aromatic carbocycles. The number of rotatable bonds is 6. The summed E-state index contributed by atoms with van der Waals surface area (Å²) >= 11 is 0. The number of likely N-dealkylation sites (tertiary alicyclic amines) is 2. The molecular formula is C27H31FN4O2. The number of aromatic nitrogens is 2. The standard InChI is InChI=1S/C27H31FN4O2/c1-34-24-12-15-31(18-24)23-10-13-30(14-11-23)27(33)26-16-29-19-32(26)17-21-4-2-3-5-25(21)20-6-8-22(28)9-7-20/h2-9,16,19,23-24H,10-15,17-18H2,1H3. The Morgan fingerprint density at radius 3 is 2.56 bits per heavy atom. The first-order valence-electron chi connectivity index (χ1n) is 12.0. The minimum absolute atomic E-state index is 0.0337. The van der Waals surface area contributed by atoms with Crippen molar-refractivity contribution in [2.24, 2.45) is 0 Å². The van der Waals surface area contributed by atoms with Gasteiger partial charge in [-0.2, -0.15) is 0 Å². The molecule has 2 aliphatic rings. The van der Waals surface area contributed by atoms with E-state index in [9.17, 15) is 9.18 Å². The maximum Gasteiger partial charge on any atom is 0.272 e. The topological polar surface area (TPSA) is 50.6 Å². The Morgan fingerprint density at radius 2 is 1.82 bits per heavy atom.